The number of hydrogen-bond acceptors (Lipinski definition) is 2. The van der Waals surface area contributed by atoms with Crippen LogP contribution >= 0.6 is 11.8 Å². The van der Waals surface area contributed by atoms with Gasteiger partial charge in [-0.25, -0.2) is 0 Å². The average molecular weight is 278 g/mol. The number of carboxylic acids is 1. The number of thioether (sulfide) groups is 1. The van der Waals surface area contributed by atoms with Gasteiger partial charge in [0.1, 0.15) is 0 Å². The predicted octanol–water partition coefficient (Wildman–Crippen LogP) is 3.66. The lowest BCUT2D eigenvalue weighted by atomic mass is 10.1. The molecule has 0 aromatic heterocycles. The predicted molar refractivity (Wildman–Crippen MR) is 64.4 cm³/mol. The van der Waals surface area contributed by atoms with Crippen molar-refractivity contribution in [2.45, 2.75) is 18.9 Å². The van der Waals surface area contributed by atoms with Crippen LogP contribution in [0.15, 0.2) is 24.3 Å². The first kappa shape index (κ1) is 14.9. The van der Waals surface area contributed by atoms with Crippen molar-refractivity contribution in [3.63, 3.8) is 0 Å². The quantitative estimate of drug-likeness (QED) is 0.893. The lowest BCUT2D eigenvalue weighted by Gasteiger charge is -2.12. The van der Waals surface area contributed by atoms with Gasteiger partial charge in [-0.2, -0.15) is 24.9 Å². The van der Waals surface area contributed by atoms with E-state index in [9.17, 15) is 18.0 Å². The summed E-state index contributed by atoms with van der Waals surface area (Å²) in [6, 6.07) is 5.35. The monoisotopic (exact) mass is 278 g/mol. The summed E-state index contributed by atoms with van der Waals surface area (Å²) in [7, 11) is 0. The van der Waals surface area contributed by atoms with Crippen LogP contribution in [0.3, 0.4) is 0 Å². The molecule has 6 heteroatoms. The third-order valence-electron chi connectivity index (χ3n) is 2.37. The van der Waals surface area contributed by atoms with Crippen molar-refractivity contribution < 1.29 is 23.1 Å². The second kappa shape index (κ2) is 6.13. The molecule has 0 saturated heterocycles. The third-order valence-corrected chi connectivity index (χ3v) is 3.62. The molecule has 1 N–H and O–H groups in total. The summed E-state index contributed by atoms with van der Waals surface area (Å²) in [4.78, 5) is 10.6. The van der Waals surface area contributed by atoms with Crippen molar-refractivity contribution in [3.05, 3.63) is 35.4 Å². The first-order valence-corrected chi connectivity index (χ1v) is 6.43. The highest BCUT2D eigenvalue weighted by atomic mass is 32.2. The zero-order valence-electron chi connectivity index (χ0n) is 9.70. The summed E-state index contributed by atoms with van der Waals surface area (Å²) < 4.78 is 38.0. The molecule has 0 heterocycles. The van der Waals surface area contributed by atoms with E-state index in [-0.39, 0.29) is 11.3 Å². The number of benzene rings is 1. The molecule has 0 aliphatic carbocycles. The zero-order chi connectivity index (χ0) is 13.8. The van der Waals surface area contributed by atoms with Crippen LogP contribution in [-0.2, 0) is 16.7 Å². The topological polar surface area (TPSA) is 37.3 Å². The Bertz CT molecular complexity index is 418. The van der Waals surface area contributed by atoms with Crippen LogP contribution in [-0.4, -0.2) is 16.8 Å². The van der Waals surface area contributed by atoms with Gasteiger partial charge in [-0.05, 0) is 11.6 Å². The minimum atomic E-state index is -4.37. The Hall–Kier alpha value is -1.17. The molecule has 1 unspecified atom stereocenters. The van der Waals surface area contributed by atoms with Gasteiger partial charge in [0.05, 0.1) is 11.5 Å². The van der Waals surface area contributed by atoms with Gasteiger partial charge in [-0.3, -0.25) is 4.79 Å². The van der Waals surface area contributed by atoms with Gasteiger partial charge in [0.2, 0.25) is 0 Å². The fourth-order valence-corrected chi connectivity index (χ4v) is 2.43. The Morgan fingerprint density at radius 1 is 1.39 bits per heavy atom. The van der Waals surface area contributed by atoms with E-state index < -0.39 is 23.6 Å². The zero-order valence-corrected chi connectivity index (χ0v) is 10.5. The van der Waals surface area contributed by atoms with E-state index in [4.69, 9.17) is 5.11 Å². The number of alkyl halides is 3. The Balaban J connectivity index is 2.66. The lowest BCUT2D eigenvalue weighted by Crippen LogP contribution is -2.12. The summed E-state index contributed by atoms with van der Waals surface area (Å²) >= 11 is 1.19. The molecule has 2 nitrogen and oxygen atoms in total. The van der Waals surface area contributed by atoms with Crippen LogP contribution in [0.25, 0.3) is 0 Å². The molecular weight excluding hydrogens is 265 g/mol. The highest BCUT2D eigenvalue weighted by Gasteiger charge is 2.32. The maximum absolute atomic E-state index is 12.7. The maximum atomic E-state index is 12.7. The molecule has 0 radical (unpaired) electrons. The van der Waals surface area contributed by atoms with E-state index in [0.717, 1.165) is 6.07 Å². The van der Waals surface area contributed by atoms with Gasteiger partial charge in [0.25, 0.3) is 0 Å². The molecule has 0 saturated carbocycles. The third kappa shape index (κ3) is 4.25. The van der Waals surface area contributed by atoms with Crippen molar-refractivity contribution in [2.24, 2.45) is 5.92 Å². The maximum Gasteiger partial charge on any atom is 0.416 e. The molecule has 100 valence electrons. The molecule has 0 spiro atoms. The molecule has 0 aliphatic heterocycles. The van der Waals surface area contributed by atoms with Crippen LogP contribution in [0.4, 0.5) is 13.2 Å². The Morgan fingerprint density at radius 2 is 2.00 bits per heavy atom. The normalized spacial score (nSPS) is 13.3. The minimum absolute atomic E-state index is 0.160. The summed E-state index contributed by atoms with van der Waals surface area (Å²) in [5.74, 6) is -1.05. The van der Waals surface area contributed by atoms with E-state index in [1.807, 2.05) is 0 Å². The van der Waals surface area contributed by atoms with Gasteiger partial charge in [0, 0.05) is 11.5 Å². The van der Waals surface area contributed by atoms with Crippen molar-refractivity contribution in [1.82, 2.24) is 0 Å². The highest BCUT2D eigenvalue weighted by molar-refractivity contribution is 7.98. The van der Waals surface area contributed by atoms with Crippen LogP contribution < -0.4 is 0 Å². The molecule has 1 aromatic carbocycles. The van der Waals surface area contributed by atoms with Gasteiger partial charge >= 0.3 is 12.1 Å². The number of rotatable bonds is 5. The molecule has 0 aliphatic rings. The fraction of sp³-hybridized carbons (Fsp3) is 0.417. The second-order valence-corrected chi connectivity index (χ2v) is 4.94. The Labute approximate surface area is 107 Å². The molecular formula is C12H13F3O2S. The van der Waals surface area contributed by atoms with Gasteiger partial charge in [0.15, 0.2) is 0 Å². The van der Waals surface area contributed by atoms with Gasteiger partial charge < -0.3 is 5.11 Å². The number of carbonyl (C=O) groups is 1. The summed E-state index contributed by atoms with van der Waals surface area (Å²) in [5.41, 5.74) is -0.465. The van der Waals surface area contributed by atoms with Crippen molar-refractivity contribution in [1.29, 1.82) is 0 Å². The number of aliphatic carboxylic acids is 1. The fourth-order valence-electron chi connectivity index (χ4n) is 1.34. The Morgan fingerprint density at radius 3 is 2.56 bits per heavy atom. The van der Waals surface area contributed by atoms with E-state index in [1.54, 1.807) is 6.07 Å². The van der Waals surface area contributed by atoms with E-state index in [1.165, 1.54) is 30.8 Å². The Kier molecular flexibility index (Phi) is 5.07. The van der Waals surface area contributed by atoms with Crippen LogP contribution in [0.1, 0.15) is 18.1 Å². The first-order chi connectivity index (χ1) is 8.32. The van der Waals surface area contributed by atoms with E-state index in [0.29, 0.717) is 5.75 Å². The highest BCUT2D eigenvalue weighted by Crippen LogP contribution is 2.33. The van der Waals surface area contributed by atoms with Crippen molar-refractivity contribution >= 4 is 17.7 Å². The number of halogens is 3. The van der Waals surface area contributed by atoms with E-state index in [2.05, 4.69) is 0 Å². The van der Waals surface area contributed by atoms with Crippen LogP contribution in [0, 0.1) is 5.92 Å². The molecule has 1 aromatic rings. The lowest BCUT2D eigenvalue weighted by molar-refractivity contribution is -0.140. The van der Waals surface area contributed by atoms with Crippen LogP contribution in [0.5, 0.6) is 0 Å². The second-order valence-electron chi connectivity index (χ2n) is 3.91. The van der Waals surface area contributed by atoms with Gasteiger partial charge in [-0.1, -0.05) is 25.1 Å². The van der Waals surface area contributed by atoms with Crippen molar-refractivity contribution in [3.8, 4) is 0 Å². The largest absolute Gasteiger partial charge is 0.481 e. The summed E-state index contributed by atoms with van der Waals surface area (Å²) in [6.45, 7) is 1.53. The minimum Gasteiger partial charge on any atom is -0.481 e. The smallest absolute Gasteiger partial charge is 0.416 e. The number of hydrogen-bond donors (Lipinski definition) is 1. The molecule has 1 atom stereocenters. The molecule has 0 fully saturated rings. The van der Waals surface area contributed by atoms with Gasteiger partial charge in [-0.15, -0.1) is 0 Å². The van der Waals surface area contributed by atoms with E-state index >= 15 is 0 Å². The standard InChI is InChI=1S/C12H13F3O2S/c1-8(11(16)17)6-18-7-9-4-2-3-5-10(9)12(13,14)15/h2-5,8H,6-7H2,1H3,(H,16,17). The van der Waals surface area contributed by atoms with Crippen LogP contribution in [0.2, 0.25) is 0 Å². The summed E-state index contributed by atoms with van der Waals surface area (Å²) in [6.07, 6.45) is -4.37. The molecule has 0 bridgehead atoms. The summed E-state index contributed by atoms with van der Waals surface area (Å²) in [5, 5.41) is 8.67. The SMILES string of the molecule is CC(CSCc1ccccc1C(F)(F)F)C(=O)O. The average Bonchev–Trinajstić information content (AvgIpc) is 2.28. The first-order valence-electron chi connectivity index (χ1n) is 5.28. The van der Waals surface area contributed by atoms with Crippen molar-refractivity contribution in [2.75, 3.05) is 5.75 Å². The number of carboxylic acid groups (broad SMARTS) is 1. The molecule has 0 amide bonds. The molecule has 1 rings (SSSR count). The molecule has 18 heavy (non-hydrogen) atoms.